The molecule has 1 amide bonds. The first kappa shape index (κ1) is 27.1. The van der Waals surface area contributed by atoms with Crippen molar-refractivity contribution in [3.63, 3.8) is 0 Å². The van der Waals surface area contributed by atoms with Gasteiger partial charge in [0.05, 0.1) is 28.1 Å². The Morgan fingerprint density at radius 3 is 2.51 bits per heavy atom. The maximum absolute atomic E-state index is 14.9. The van der Waals surface area contributed by atoms with E-state index in [4.69, 9.17) is 9.84 Å². The van der Waals surface area contributed by atoms with E-state index in [1.807, 2.05) is 6.92 Å². The summed E-state index contributed by atoms with van der Waals surface area (Å²) >= 11 is 0. The molecule has 0 saturated carbocycles. The minimum Gasteiger partial charge on any atom is -0.478 e. The Bertz CT molecular complexity index is 1210. The third-order valence-electron chi connectivity index (χ3n) is 7.40. The first-order valence-electron chi connectivity index (χ1n) is 12.3. The molecule has 3 heterocycles. The maximum Gasteiger partial charge on any atom is 0.416 e. The van der Waals surface area contributed by atoms with Crippen LogP contribution >= 0.6 is 0 Å². The first-order valence-corrected chi connectivity index (χ1v) is 12.3. The number of nitrogens with one attached hydrogen (secondary N) is 1. The van der Waals surface area contributed by atoms with Crippen LogP contribution in [0.5, 0.6) is 0 Å². The van der Waals surface area contributed by atoms with Gasteiger partial charge in [0.25, 0.3) is 5.91 Å². The number of hydrogen-bond acceptors (Lipinski definition) is 4. The molecule has 0 atom stereocenters. The second kappa shape index (κ2) is 9.74. The van der Waals surface area contributed by atoms with Crippen molar-refractivity contribution in [3.05, 3.63) is 51.6 Å². The third-order valence-corrected chi connectivity index (χ3v) is 7.40. The van der Waals surface area contributed by atoms with Crippen LogP contribution in [0.1, 0.15) is 76.8 Å². The number of ether oxygens (including phenoxy) is 1. The molecule has 0 bridgehead atoms. The Hall–Kier alpha value is -2.95. The summed E-state index contributed by atoms with van der Waals surface area (Å²) in [5.74, 6) is -3.04. The smallest absolute Gasteiger partial charge is 0.416 e. The highest BCUT2D eigenvalue weighted by molar-refractivity contribution is 5.97. The van der Waals surface area contributed by atoms with Gasteiger partial charge >= 0.3 is 12.1 Å². The molecule has 2 N–H and O–H groups in total. The van der Waals surface area contributed by atoms with Gasteiger partial charge < -0.3 is 15.2 Å². The summed E-state index contributed by atoms with van der Waals surface area (Å²) < 4.78 is 61.7. The van der Waals surface area contributed by atoms with Crippen LogP contribution < -0.4 is 5.32 Å². The van der Waals surface area contributed by atoms with Crippen molar-refractivity contribution in [2.75, 3.05) is 19.8 Å². The number of carboxylic acids is 1. The van der Waals surface area contributed by atoms with Gasteiger partial charge in [-0.15, -0.1) is 0 Å². The molecule has 4 rings (SSSR count). The van der Waals surface area contributed by atoms with E-state index in [9.17, 15) is 32.3 Å². The Balaban J connectivity index is 1.70. The Morgan fingerprint density at radius 1 is 1.24 bits per heavy atom. The highest BCUT2D eigenvalue weighted by atomic mass is 19.4. The fourth-order valence-electron chi connectivity index (χ4n) is 5.41. The normalized spacial score (nSPS) is 17.9. The van der Waals surface area contributed by atoms with Gasteiger partial charge in [-0.2, -0.15) is 18.3 Å². The van der Waals surface area contributed by atoms with E-state index >= 15 is 0 Å². The van der Waals surface area contributed by atoms with E-state index in [0.717, 1.165) is 18.5 Å². The number of carbonyl (C=O) groups is 2. The van der Waals surface area contributed by atoms with Gasteiger partial charge in [0.1, 0.15) is 5.82 Å². The minimum atomic E-state index is -4.87. The number of benzene rings is 1. The number of aromatic nitrogens is 2. The highest BCUT2D eigenvalue weighted by Gasteiger charge is 2.40. The quantitative estimate of drug-likeness (QED) is 0.536. The zero-order valence-corrected chi connectivity index (χ0v) is 21.1. The standard InChI is InChI=1S/C26H31F4N3O4/c1-4-19-21-20(12-25(13-31-22(21)34)5-7-37-8-6-25)33(32-19)14-24(2,3)11-17-16(23(35)36)9-15(10-18(17)27)26(28,29)30/h9-10H,4-8,11-14H2,1-3H3,(H,31,34)(H,35,36). The van der Waals surface area contributed by atoms with Crippen molar-refractivity contribution in [2.45, 2.75) is 65.6 Å². The van der Waals surface area contributed by atoms with Crippen LogP contribution in [-0.4, -0.2) is 46.5 Å². The lowest BCUT2D eigenvalue weighted by Gasteiger charge is -2.36. The predicted octanol–water partition coefficient (Wildman–Crippen LogP) is 4.65. The van der Waals surface area contributed by atoms with Crippen LogP contribution in [0, 0.1) is 16.6 Å². The number of carbonyl (C=O) groups excluding carboxylic acids is 1. The number of fused-ring (bicyclic) bond motifs is 1. The van der Waals surface area contributed by atoms with E-state index in [-0.39, 0.29) is 29.9 Å². The molecule has 2 aliphatic rings. The van der Waals surface area contributed by atoms with Crippen molar-refractivity contribution in [1.82, 2.24) is 15.1 Å². The molecule has 2 aliphatic heterocycles. The predicted molar refractivity (Wildman–Crippen MR) is 126 cm³/mol. The summed E-state index contributed by atoms with van der Waals surface area (Å²) in [6.45, 7) is 7.38. The summed E-state index contributed by atoms with van der Waals surface area (Å²) in [7, 11) is 0. The number of amides is 1. The largest absolute Gasteiger partial charge is 0.478 e. The van der Waals surface area contributed by atoms with Crippen molar-refractivity contribution in [1.29, 1.82) is 0 Å². The van der Waals surface area contributed by atoms with Gasteiger partial charge in [-0.3, -0.25) is 9.48 Å². The molecule has 2 aromatic rings. The Labute approximate surface area is 212 Å². The summed E-state index contributed by atoms with van der Waals surface area (Å²) in [6, 6.07) is 0.817. The molecule has 11 heteroatoms. The van der Waals surface area contributed by atoms with Crippen LogP contribution in [0.25, 0.3) is 0 Å². The summed E-state index contributed by atoms with van der Waals surface area (Å²) in [5.41, 5.74) is -1.39. The number of rotatable bonds is 6. The number of carboxylic acid groups (broad SMARTS) is 1. The van der Waals surface area contributed by atoms with Gasteiger partial charge in [-0.25, -0.2) is 9.18 Å². The number of nitrogens with zero attached hydrogens (tertiary/aromatic N) is 2. The molecule has 37 heavy (non-hydrogen) atoms. The highest BCUT2D eigenvalue weighted by Crippen LogP contribution is 2.39. The molecule has 1 spiro atoms. The molecule has 7 nitrogen and oxygen atoms in total. The fraction of sp³-hybridized carbons (Fsp3) is 0.577. The van der Waals surface area contributed by atoms with Crippen molar-refractivity contribution in [3.8, 4) is 0 Å². The van der Waals surface area contributed by atoms with Gasteiger partial charge in [-0.05, 0) is 55.1 Å². The first-order chi connectivity index (χ1) is 17.3. The van der Waals surface area contributed by atoms with E-state index in [1.54, 1.807) is 18.5 Å². The zero-order valence-electron chi connectivity index (χ0n) is 21.1. The molecule has 0 aliphatic carbocycles. The van der Waals surface area contributed by atoms with Crippen LogP contribution in [0.3, 0.4) is 0 Å². The lowest BCUT2D eigenvalue weighted by Crippen LogP contribution is -2.41. The summed E-state index contributed by atoms with van der Waals surface area (Å²) in [6.07, 6.45) is -2.33. The Morgan fingerprint density at radius 2 is 1.92 bits per heavy atom. The fourth-order valence-corrected chi connectivity index (χ4v) is 5.41. The van der Waals surface area contributed by atoms with Crippen LogP contribution in [-0.2, 0) is 36.7 Å². The number of aromatic carboxylic acids is 1. The number of aryl methyl sites for hydroxylation is 1. The molecule has 202 valence electrons. The Kier molecular flexibility index (Phi) is 7.13. The molecule has 1 aromatic heterocycles. The molecular formula is C26H31F4N3O4. The second-order valence-corrected chi connectivity index (χ2v) is 10.9. The van der Waals surface area contributed by atoms with Crippen LogP contribution in [0.4, 0.5) is 17.6 Å². The van der Waals surface area contributed by atoms with E-state index in [2.05, 4.69) is 5.32 Å². The lowest BCUT2D eigenvalue weighted by molar-refractivity contribution is -0.137. The molecule has 1 saturated heterocycles. The maximum atomic E-state index is 14.9. The lowest BCUT2D eigenvalue weighted by atomic mass is 9.76. The number of hydrogen-bond donors (Lipinski definition) is 2. The zero-order chi connectivity index (χ0) is 27.2. The number of halogens is 4. The summed E-state index contributed by atoms with van der Waals surface area (Å²) in [4.78, 5) is 24.8. The SMILES string of the molecule is CCc1nn(CC(C)(C)Cc2c(F)cc(C(F)(F)F)cc2C(=O)O)c2c1C(=O)NCC1(CCOCC1)C2. The third kappa shape index (κ3) is 5.51. The van der Waals surface area contributed by atoms with E-state index in [0.29, 0.717) is 56.0 Å². The van der Waals surface area contributed by atoms with Gasteiger partial charge in [0, 0.05) is 31.9 Å². The average molecular weight is 526 g/mol. The minimum absolute atomic E-state index is 0.139. The second-order valence-electron chi connectivity index (χ2n) is 10.9. The van der Waals surface area contributed by atoms with Crippen LogP contribution in [0.2, 0.25) is 0 Å². The molecular weight excluding hydrogens is 494 g/mol. The van der Waals surface area contributed by atoms with Crippen LogP contribution in [0.15, 0.2) is 12.1 Å². The van der Waals surface area contributed by atoms with Gasteiger partial charge in [-0.1, -0.05) is 20.8 Å². The van der Waals surface area contributed by atoms with Crippen molar-refractivity contribution in [2.24, 2.45) is 10.8 Å². The molecule has 0 unspecified atom stereocenters. The molecule has 0 radical (unpaired) electrons. The molecule has 1 aromatic carbocycles. The van der Waals surface area contributed by atoms with Crippen molar-refractivity contribution >= 4 is 11.9 Å². The van der Waals surface area contributed by atoms with Gasteiger partial charge in [0.2, 0.25) is 0 Å². The van der Waals surface area contributed by atoms with Crippen molar-refractivity contribution < 1.29 is 37.0 Å². The van der Waals surface area contributed by atoms with E-state index in [1.165, 1.54) is 0 Å². The number of alkyl halides is 3. The summed E-state index contributed by atoms with van der Waals surface area (Å²) in [5, 5.41) is 17.3. The van der Waals surface area contributed by atoms with E-state index < -0.39 is 34.5 Å². The average Bonchev–Trinajstić information content (AvgIpc) is 3.06. The van der Waals surface area contributed by atoms with Gasteiger partial charge in [0.15, 0.2) is 0 Å². The monoisotopic (exact) mass is 525 g/mol. The topological polar surface area (TPSA) is 93.5 Å². The molecule has 1 fully saturated rings.